The number of aromatic hydroxyl groups is 1. The van der Waals surface area contributed by atoms with E-state index < -0.39 is 17.7 Å². The van der Waals surface area contributed by atoms with Crippen LogP contribution in [0.2, 0.25) is 0 Å². The van der Waals surface area contributed by atoms with Crippen molar-refractivity contribution in [2.45, 2.75) is 33.7 Å². The van der Waals surface area contributed by atoms with E-state index in [0.717, 1.165) is 11.1 Å². The van der Waals surface area contributed by atoms with Crippen molar-refractivity contribution in [1.82, 2.24) is 0 Å². The van der Waals surface area contributed by atoms with Crippen LogP contribution < -0.4 is 14.4 Å². The van der Waals surface area contributed by atoms with Crippen LogP contribution in [0.1, 0.15) is 42.1 Å². The van der Waals surface area contributed by atoms with Gasteiger partial charge in [0.25, 0.3) is 11.7 Å². The van der Waals surface area contributed by atoms with Gasteiger partial charge in [-0.25, -0.2) is 0 Å². The van der Waals surface area contributed by atoms with E-state index in [9.17, 15) is 19.8 Å². The highest BCUT2D eigenvalue weighted by atomic mass is 16.5. The van der Waals surface area contributed by atoms with Crippen molar-refractivity contribution < 1.29 is 29.3 Å². The number of nitrogens with zero attached hydrogens (tertiary/aromatic N) is 1. The van der Waals surface area contributed by atoms with Crippen molar-refractivity contribution in [2.75, 3.05) is 18.6 Å². The fourth-order valence-electron chi connectivity index (χ4n) is 4.62. The number of aliphatic hydroxyl groups excluding tert-OH is 1. The molecule has 1 unspecified atom stereocenters. The van der Waals surface area contributed by atoms with E-state index in [0.29, 0.717) is 40.8 Å². The molecule has 4 rings (SSSR count). The van der Waals surface area contributed by atoms with Gasteiger partial charge in [-0.15, -0.1) is 0 Å². The Hall–Kier alpha value is -4.26. The number of amides is 1. The van der Waals surface area contributed by atoms with Crippen LogP contribution in [0.25, 0.3) is 5.76 Å². The lowest BCUT2D eigenvalue weighted by Gasteiger charge is -2.26. The van der Waals surface area contributed by atoms with Gasteiger partial charge in [0.1, 0.15) is 23.0 Å². The second-order valence-corrected chi connectivity index (χ2v) is 9.63. The Labute approximate surface area is 216 Å². The van der Waals surface area contributed by atoms with Crippen molar-refractivity contribution in [3.05, 3.63) is 88.5 Å². The molecule has 37 heavy (non-hydrogen) atoms. The van der Waals surface area contributed by atoms with Gasteiger partial charge in [-0.1, -0.05) is 32.0 Å². The lowest BCUT2D eigenvalue weighted by atomic mass is 9.93. The summed E-state index contributed by atoms with van der Waals surface area (Å²) in [5.74, 6) is -0.565. The van der Waals surface area contributed by atoms with E-state index in [2.05, 4.69) is 0 Å². The smallest absolute Gasteiger partial charge is 0.300 e. The van der Waals surface area contributed by atoms with E-state index in [1.165, 1.54) is 24.1 Å². The number of carbonyl (C=O) groups is 2. The Bertz CT molecular complexity index is 1370. The van der Waals surface area contributed by atoms with E-state index in [4.69, 9.17) is 9.47 Å². The zero-order valence-electron chi connectivity index (χ0n) is 21.6. The number of hydrogen-bond acceptors (Lipinski definition) is 6. The number of rotatable bonds is 7. The first-order valence-electron chi connectivity index (χ1n) is 12.1. The molecule has 0 saturated carbocycles. The maximum Gasteiger partial charge on any atom is 0.300 e. The topological polar surface area (TPSA) is 96.3 Å². The van der Waals surface area contributed by atoms with Gasteiger partial charge in [-0.3, -0.25) is 14.5 Å². The Balaban J connectivity index is 1.90. The lowest BCUT2D eigenvalue weighted by molar-refractivity contribution is -0.132. The predicted molar refractivity (Wildman–Crippen MR) is 142 cm³/mol. The third-order valence-electron chi connectivity index (χ3n) is 6.21. The molecule has 7 heteroatoms. The molecule has 0 bridgehead atoms. The summed E-state index contributed by atoms with van der Waals surface area (Å²) < 4.78 is 11.3. The number of carbonyl (C=O) groups excluding carboxylic acids is 2. The molecule has 0 radical (unpaired) electrons. The zero-order chi connectivity index (χ0) is 26.9. The van der Waals surface area contributed by atoms with Crippen molar-refractivity contribution >= 4 is 23.1 Å². The Morgan fingerprint density at radius 3 is 2.35 bits per heavy atom. The molecule has 1 aliphatic rings. The van der Waals surface area contributed by atoms with Crippen molar-refractivity contribution in [2.24, 2.45) is 5.92 Å². The monoisotopic (exact) mass is 501 g/mol. The lowest BCUT2D eigenvalue weighted by Crippen LogP contribution is -2.29. The third kappa shape index (κ3) is 5.03. The molecule has 2 N–H and O–H groups in total. The number of methoxy groups -OCH3 is 1. The van der Waals surface area contributed by atoms with E-state index >= 15 is 0 Å². The van der Waals surface area contributed by atoms with Gasteiger partial charge in [-0.05, 0) is 78.9 Å². The molecule has 1 amide bonds. The van der Waals surface area contributed by atoms with Gasteiger partial charge in [0, 0.05) is 5.69 Å². The van der Waals surface area contributed by atoms with Crippen LogP contribution in [0, 0.1) is 19.8 Å². The van der Waals surface area contributed by atoms with Crippen LogP contribution in [-0.4, -0.2) is 35.6 Å². The number of phenols is 1. The van der Waals surface area contributed by atoms with Gasteiger partial charge < -0.3 is 19.7 Å². The first kappa shape index (κ1) is 25.8. The molecule has 0 aliphatic carbocycles. The summed E-state index contributed by atoms with van der Waals surface area (Å²) >= 11 is 0. The minimum absolute atomic E-state index is 0.0236. The van der Waals surface area contributed by atoms with E-state index in [1.807, 2.05) is 33.8 Å². The summed E-state index contributed by atoms with van der Waals surface area (Å²) in [5, 5.41) is 21.7. The largest absolute Gasteiger partial charge is 0.508 e. The highest BCUT2D eigenvalue weighted by Gasteiger charge is 2.47. The maximum absolute atomic E-state index is 13.4. The number of hydrogen-bond donors (Lipinski definition) is 2. The number of ether oxygens (including phenoxy) is 2. The quantitative estimate of drug-likeness (QED) is 0.246. The number of Topliss-reactive ketones (excluding diaryl/α,β-unsaturated/α-hetero) is 1. The molecule has 1 saturated heterocycles. The molecule has 0 aromatic heterocycles. The van der Waals surface area contributed by atoms with Crippen LogP contribution in [0.5, 0.6) is 17.2 Å². The van der Waals surface area contributed by atoms with Crippen molar-refractivity contribution in [3.8, 4) is 17.2 Å². The number of phenolic OH excluding ortho intramolecular Hbond substituents is 1. The number of aliphatic hydroxyl groups is 1. The Morgan fingerprint density at radius 2 is 1.73 bits per heavy atom. The number of anilines is 1. The van der Waals surface area contributed by atoms with Gasteiger partial charge in [-0.2, -0.15) is 0 Å². The summed E-state index contributed by atoms with van der Waals surface area (Å²) in [6.45, 7) is 8.36. The molecule has 1 atom stereocenters. The van der Waals surface area contributed by atoms with Crippen LogP contribution in [0.15, 0.2) is 66.2 Å². The molecule has 192 valence electrons. The average molecular weight is 502 g/mol. The molecule has 7 nitrogen and oxygen atoms in total. The first-order chi connectivity index (χ1) is 17.6. The Kier molecular flexibility index (Phi) is 7.25. The molecule has 1 aliphatic heterocycles. The van der Waals surface area contributed by atoms with E-state index in [-0.39, 0.29) is 17.1 Å². The average Bonchev–Trinajstić information content (AvgIpc) is 3.12. The first-order valence-corrected chi connectivity index (χ1v) is 12.1. The molecule has 0 spiro atoms. The zero-order valence-corrected chi connectivity index (χ0v) is 21.6. The van der Waals surface area contributed by atoms with Gasteiger partial charge >= 0.3 is 0 Å². The second kappa shape index (κ2) is 10.4. The summed E-state index contributed by atoms with van der Waals surface area (Å²) in [7, 11) is 1.49. The molecule has 3 aromatic carbocycles. The van der Waals surface area contributed by atoms with Gasteiger partial charge in [0.05, 0.1) is 30.9 Å². The number of ketones is 1. The molecular weight excluding hydrogens is 470 g/mol. The molecule has 1 fully saturated rings. The normalized spacial score (nSPS) is 16.9. The summed E-state index contributed by atoms with van der Waals surface area (Å²) in [4.78, 5) is 28.2. The third-order valence-corrected chi connectivity index (χ3v) is 6.21. The SMILES string of the molecule is COc1c(C)cc(C)cc1/C(O)=C1\C(=O)C(=O)N(c2ccc(OCC(C)C)cc2)C1c1cccc(O)c1. The number of benzene rings is 3. The number of aryl methyl sites for hydroxylation is 2. The predicted octanol–water partition coefficient (Wildman–Crippen LogP) is 5.68. The van der Waals surface area contributed by atoms with Crippen molar-refractivity contribution in [1.29, 1.82) is 0 Å². The van der Waals surface area contributed by atoms with Crippen molar-refractivity contribution in [3.63, 3.8) is 0 Å². The maximum atomic E-state index is 13.4. The Morgan fingerprint density at radius 1 is 1.03 bits per heavy atom. The molecule has 1 heterocycles. The molecule has 3 aromatic rings. The fourth-order valence-corrected chi connectivity index (χ4v) is 4.62. The van der Waals surface area contributed by atoms with Gasteiger partial charge in [0.2, 0.25) is 0 Å². The van der Waals surface area contributed by atoms with E-state index in [1.54, 1.807) is 42.5 Å². The summed E-state index contributed by atoms with van der Waals surface area (Å²) in [5.41, 5.74) is 2.81. The van der Waals surface area contributed by atoms with Crippen LogP contribution in [-0.2, 0) is 9.59 Å². The highest BCUT2D eigenvalue weighted by molar-refractivity contribution is 6.51. The highest BCUT2D eigenvalue weighted by Crippen LogP contribution is 2.44. The summed E-state index contributed by atoms with van der Waals surface area (Å²) in [6, 6.07) is 15.9. The second-order valence-electron chi connectivity index (χ2n) is 9.63. The van der Waals surface area contributed by atoms with Crippen LogP contribution >= 0.6 is 0 Å². The standard InChI is InChI=1S/C30H31NO6/c1-17(2)16-37-23-11-9-21(10-12-23)31-26(20-7-6-8-22(32)15-20)25(28(34)30(31)35)27(33)24-14-18(3)13-19(4)29(24)36-5/h6-15,17,26,32-33H,16H2,1-5H3/b27-25+. The van der Waals surface area contributed by atoms with Gasteiger partial charge in [0.15, 0.2) is 0 Å². The van der Waals surface area contributed by atoms with Crippen LogP contribution in [0.3, 0.4) is 0 Å². The molecular formula is C30H31NO6. The summed E-state index contributed by atoms with van der Waals surface area (Å²) in [6.07, 6.45) is 0. The minimum atomic E-state index is -0.972. The fraction of sp³-hybridized carbons (Fsp3) is 0.267. The minimum Gasteiger partial charge on any atom is -0.508 e. The van der Waals surface area contributed by atoms with Crippen LogP contribution in [0.4, 0.5) is 5.69 Å².